The van der Waals surface area contributed by atoms with Crippen molar-refractivity contribution < 1.29 is 18.8 Å². The SMILES string of the molecule is N#Cc1cc(-n2nc(C(N)=O)c3c2C(=O)N(c2ccc(N4CCCCC4=O)cc2)CC3)ccc1F. The fourth-order valence-electron chi connectivity index (χ4n) is 4.61. The highest BCUT2D eigenvalue weighted by molar-refractivity contribution is 6.09. The number of piperidine rings is 1. The number of halogens is 1. The van der Waals surface area contributed by atoms with Crippen molar-refractivity contribution >= 4 is 29.1 Å². The number of nitrogens with zero attached hydrogens (tertiary/aromatic N) is 5. The number of benzene rings is 2. The van der Waals surface area contributed by atoms with Crippen molar-refractivity contribution in [3.05, 3.63) is 70.8 Å². The lowest BCUT2D eigenvalue weighted by atomic mass is 10.0. The lowest BCUT2D eigenvalue weighted by Gasteiger charge is -2.29. The number of aromatic nitrogens is 2. The van der Waals surface area contributed by atoms with E-state index in [0.717, 1.165) is 24.6 Å². The molecule has 0 atom stereocenters. The molecule has 2 N–H and O–H groups in total. The third-order valence-corrected chi connectivity index (χ3v) is 6.36. The number of hydrogen-bond donors (Lipinski definition) is 1. The number of carbonyl (C=O) groups is 3. The minimum absolute atomic E-state index is 0.0326. The zero-order valence-electron chi connectivity index (χ0n) is 18.7. The summed E-state index contributed by atoms with van der Waals surface area (Å²) in [7, 11) is 0. The van der Waals surface area contributed by atoms with Gasteiger partial charge in [0.25, 0.3) is 11.8 Å². The topological polar surface area (TPSA) is 125 Å². The van der Waals surface area contributed by atoms with Crippen LogP contribution in [0.5, 0.6) is 0 Å². The van der Waals surface area contributed by atoms with Gasteiger partial charge in [-0.15, -0.1) is 0 Å². The number of hydrogen-bond acceptors (Lipinski definition) is 5. The number of rotatable bonds is 4. The van der Waals surface area contributed by atoms with E-state index >= 15 is 0 Å². The molecule has 35 heavy (non-hydrogen) atoms. The van der Waals surface area contributed by atoms with Crippen LogP contribution in [-0.4, -0.2) is 40.6 Å². The molecule has 10 heteroatoms. The van der Waals surface area contributed by atoms with E-state index in [-0.39, 0.29) is 28.5 Å². The van der Waals surface area contributed by atoms with E-state index in [0.29, 0.717) is 37.2 Å². The van der Waals surface area contributed by atoms with Gasteiger partial charge in [0.2, 0.25) is 5.91 Å². The second kappa shape index (κ2) is 8.68. The molecule has 3 heterocycles. The van der Waals surface area contributed by atoms with E-state index in [1.165, 1.54) is 16.8 Å². The molecule has 176 valence electrons. The van der Waals surface area contributed by atoms with E-state index in [1.54, 1.807) is 28.0 Å². The predicted octanol–water partition coefficient (Wildman–Crippen LogP) is 2.70. The standard InChI is InChI=1S/C25H21FN6O3/c26-20-9-8-18(13-15(20)14-27)32-23-19(22(29-32)24(28)34)10-12-31(25(23)35)17-6-4-16(5-7-17)30-11-2-1-3-21(30)33/h4-9,13H,1-3,10-12H2,(H2,28,34). The highest BCUT2D eigenvalue weighted by Crippen LogP contribution is 2.31. The second-order valence-corrected chi connectivity index (χ2v) is 8.45. The van der Waals surface area contributed by atoms with Crippen molar-refractivity contribution in [2.45, 2.75) is 25.7 Å². The highest BCUT2D eigenvalue weighted by Gasteiger charge is 2.35. The average Bonchev–Trinajstić information content (AvgIpc) is 3.26. The van der Waals surface area contributed by atoms with Crippen molar-refractivity contribution in [3.8, 4) is 11.8 Å². The largest absolute Gasteiger partial charge is 0.364 e. The van der Waals surface area contributed by atoms with Gasteiger partial charge in [-0.05, 0) is 61.7 Å². The second-order valence-electron chi connectivity index (χ2n) is 8.45. The molecule has 0 unspecified atom stereocenters. The summed E-state index contributed by atoms with van der Waals surface area (Å²) in [6.07, 6.45) is 2.70. The molecule has 2 aromatic carbocycles. The molecule has 3 aromatic rings. The molecular weight excluding hydrogens is 451 g/mol. The predicted molar refractivity (Wildman–Crippen MR) is 125 cm³/mol. The summed E-state index contributed by atoms with van der Waals surface area (Å²) in [4.78, 5) is 41.2. The van der Waals surface area contributed by atoms with Crippen LogP contribution in [0.3, 0.4) is 0 Å². The maximum Gasteiger partial charge on any atom is 0.277 e. The molecule has 2 aliphatic rings. The first kappa shape index (κ1) is 22.3. The van der Waals surface area contributed by atoms with Crippen LogP contribution in [0.2, 0.25) is 0 Å². The van der Waals surface area contributed by atoms with Crippen LogP contribution in [0.15, 0.2) is 42.5 Å². The Hall–Kier alpha value is -4.52. The van der Waals surface area contributed by atoms with Crippen LogP contribution in [-0.2, 0) is 11.2 Å². The van der Waals surface area contributed by atoms with Gasteiger partial charge in [0.1, 0.15) is 17.6 Å². The normalized spacial score (nSPS) is 15.7. The van der Waals surface area contributed by atoms with Crippen molar-refractivity contribution in [2.24, 2.45) is 5.73 Å². The Kier molecular flexibility index (Phi) is 5.53. The smallest absolute Gasteiger partial charge is 0.277 e. The van der Waals surface area contributed by atoms with Crippen molar-refractivity contribution in [2.75, 3.05) is 22.9 Å². The monoisotopic (exact) mass is 472 g/mol. The average molecular weight is 472 g/mol. The van der Waals surface area contributed by atoms with Gasteiger partial charge in [0.05, 0.1) is 11.3 Å². The number of fused-ring (bicyclic) bond motifs is 1. The Morgan fingerprint density at radius 1 is 0.971 bits per heavy atom. The van der Waals surface area contributed by atoms with Gasteiger partial charge >= 0.3 is 0 Å². The van der Waals surface area contributed by atoms with Gasteiger partial charge in [-0.1, -0.05) is 0 Å². The molecule has 0 bridgehead atoms. The van der Waals surface area contributed by atoms with Gasteiger partial charge < -0.3 is 15.5 Å². The molecule has 0 saturated carbocycles. The molecule has 1 aromatic heterocycles. The first-order valence-electron chi connectivity index (χ1n) is 11.2. The summed E-state index contributed by atoms with van der Waals surface area (Å²) >= 11 is 0. The Balaban J connectivity index is 1.52. The minimum atomic E-state index is -0.778. The molecular formula is C25H21FN6O3. The lowest BCUT2D eigenvalue weighted by Crippen LogP contribution is -2.39. The van der Waals surface area contributed by atoms with Crippen molar-refractivity contribution in [1.29, 1.82) is 5.26 Å². The summed E-state index contributed by atoms with van der Waals surface area (Å²) in [5.41, 5.74) is 7.49. The van der Waals surface area contributed by atoms with E-state index in [2.05, 4.69) is 5.10 Å². The van der Waals surface area contributed by atoms with Crippen LogP contribution < -0.4 is 15.5 Å². The zero-order chi connectivity index (χ0) is 24.7. The first-order chi connectivity index (χ1) is 16.9. The van der Waals surface area contributed by atoms with Crippen molar-refractivity contribution in [1.82, 2.24) is 9.78 Å². The Morgan fingerprint density at radius 2 is 1.66 bits per heavy atom. The number of nitriles is 1. The van der Waals surface area contributed by atoms with Gasteiger partial charge in [-0.2, -0.15) is 10.4 Å². The van der Waals surface area contributed by atoms with E-state index in [4.69, 9.17) is 5.73 Å². The van der Waals surface area contributed by atoms with Gasteiger partial charge in [-0.25, -0.2) is 9.07 Å². The maximum atomic E-state index is 13.9. The number of amides is 3. The molecule has 5 rings (SSSR count). The van der Waals surface area contributed by atoms with Crippen LogP contribution in [0.25, 0.3) is 5.69 Å². The Morgan fingerprint density at radius 3 is 2.31 bits per heavy atom. The number of carbonyl (C=O) groups excluding carboxylic acids is 3. The molecule has 0 spiro atoms. The molecule has 1 saturated heterocycles. The molecule has 2 aliphatic heterocycles. The molecule has 0 aliphatic carbocycles. The Bertz CT molecular complexity index is 1410. The quantitative estimate of drug-likeness (QED) is 0.625. The lowest BCUT2D eigenvalue weighted by molar-refractivity contribution is -0.119. The number of primary amides is 1. The third-order valence-electron chi connectivity index (χ3n) is 6.36. The minimum Gasteiger partial charge on any atom is -0.364 e. The molecule has 1 fully saturated rings. The number of nitrogens with two attached hydrogens (primary N) is 1. The summed E-state index contributed by atoms with van der Waals surface area (Å²) < 4.78 is 15.1. The maximum absolute atomic E-state index is 13.9. The zero-order valence-corrected chi connectivity index (χ0v) is 18.7. The summed E-state index contributed by atoms with van der Waals surface area (Å²) in [5.74, 6) is -1.80. The third kappa shape index (κ3) is 3.81. The fourth-order valence-corrected chi connectivity index (χ4v) is 4.61. The Labute approximate surface area is 200 Å². The van der Waals surface area contributed by atoms with Gasteiger partial charge in [0.15, 0.2) is 5.69 Å². The summed E-state index contributed by atoms with van der Waals surface area (Å²) in [6.45, 7) is 0.967. The van der Waals surface area contributed by atoms with Crippen LogP contribution in [0, 0.1) is 17.1 Å². The fraction of sp³-hybridized carbons (Fsp3) is 0.240. The van der Waals surface area contributed by atoms with Gasteiger partial charge in [0, 0.05) is 36.4 Å². The van der Waals surface area contributed by atoms with E-state index in [9.17, 15) is 24.0 Å². The number of anilines is 2. The summed E-state index contributed by atoms with van der Waals surface area (Å²) in [6, 6.07) is 12.7. The summed E-state index contributed by atoms with van der Waals surface area (Å²) in [5, 5.41) is 13.5. The van der Waals surface area contributed by atoms with Crippen molar-refractivity contribution in [3.63, 3.8) is 0 Å². The van der Waals surface area contributed by atoms with Crippen LogP contribution in [0.1, 0.15) is 51.4 Å². The first-order valence-corrected chi connectivity index (χ1v) is 11.2. The van der Waals surface area contributed by atoms with Crippen LogP contribution in [0.4, 0.5) is 15.8 Å². The molecule has 0 radical (unpaired) electrons. The molecule has 3 amide bonds. The highest BCUT2D eigenvalue weighted by atomic mass is 19.1. The van der Waals surface area contributed by atoms with E-state index < -0.39 is 17.6 Å². The van der Waals surface area contributed by atoms with E-state index in [1.807, 2.05) is 12.1 Å². The van der Waals surface area contributed by atoms with Crippen LogP contribution >= 0.6 is 0 Å². The van der Waals surface area contributed by atoms with Gasteiger partial charge in [-0.3, -0.25) is 14.4 Å². The molecule has 9 nitrogen and oxygen atoms in total.